The van der Waals surface area contributed by atoms with E-state index >= 15 is 0 Å². The van der Waals surface area contributed by atoms with Crippen LogP contribution in [0.4, 0.5) is 0 Å². The van der Waals surface area contributed by atoms with E-state index in [1.807, 2.05) is 12.1 Å². The molecule has 0 amide bonds. The number of aryl methyl sites for hydroxylation is 1. The average molecular weight is 334 g/mol. The summed E-state index contributed by atoms with van der Waals surface area (Å²) in [6.07, 6.45) is 0. The van der Waals surface area contributed by atoms with Gasteiger partial charge in [-0.2, -0.15) is 0 Å². The minimum Gasteiger partial charge on any atom is -0.497 e. The van der Waals surface area contributed by atoms with E-state index in [4.69, 9.17) is 4.74 Å². The topological polar surface area (TPSA) is 21.3 Å². The number of benzene rings is 2. The summed E-state index contributed by atoms with van der Waals surface area (Å²) in [6.45, 7) is 5.15. The normalized spacial score (nSPS) is 12.2. The van der Waals surface area contributed by atoms with Gasteiger partial charge in [-0.3, -0.25) is 0 Å². The van der Waals surface area contributed by atoms with Crippen LogP contribution in [0.25, 0.3) is 0 Å². The van der Waals surface area contributed by atoms with Crippen molar-refractivity contribution in [3.05, 3.63) is 63.6 Å². The Bertz CT molecular complexity index is 566. The third-order valence-electron chi connectivity index (χ3n) is 3.45. The van der Waals surface area contributed by atoms with Crippen molar-refractivity contribution in [2.24, 2.45) is 0 Å². The van der Waals surface area contributed by atoms with Crippen LogP contribution < -0.4 is 10.1 Å². The Morgan fingerprint density at radius 2 is 1.85 bits per heavy atom. The van der Waals surface area contributed by atoms with Gasteiger partial charge in [0.1, 0.15) is 5.75 Å². The van der Waals surface area contributed by atoms with Gasteiger partial charge in [-0.15, -0.1) is 0 Å². The van der Waals surface area contributed by atoms with E-state index in [2.05, 4.69) is 65.4 Å². The van der Waals surface area contributed by atoms with Crippen molar-refractivity contribution in [1.82, 2.24) is 5.32 Å². The van der Waals surface area contributed by atoms with Crippen LogP contribution in [0.2, 0.25) is 0 Å². The first-order valence-corrected chi connectivity index (χ1v) is 7.52. The molecular weight excluding hydrogens is 314 g/mol. The molecule has 0 radical (unpaired) electrons. The molecule has 0 saturated carbocycles. The Labute approximate surface area is 129 Å². The molecule has 0 bridgehead atoms. The fraction of sp³-hybridized carbons (Fsp3) is 0.294. The minimum atomic E-state index is 0.310. The number of nitrogens with one attached hydrogen (secondary N) is 1. The monoisotopic (exact) mass is 333 g/mol. The fourth-order valence-electron chi connectivity index (χ4n) is 2.10. The number of hydrogen-bond donors (Lipinski definition) is 1. The van der Waals surface area contributed by atoms with Gasteiger partial charge in [0, 0.05) is 17.1 Å². The molecular formula is C17H20BrNO. The first kappa shape index (κ1) is 15.1. The largest absolute Gasteiger partial charge is 0.497 e. The summed E-state index contributed by atoms with van der Waals surface area (Å²) in [7, 11) is 1.69. The highest BCUT2D eigenvalue weighted by atomic mass is 79.9. The molecule has 0 aliphatic heterocycles. The molecule has 106 valence electrons. The second-order valence-corrected chi connectivity index (χ2v) is 5.81. The van der Waals surface area contributed by atoms with E-state index in [0.717, 1.165) is 16.8 Å². The summed E-state index contributed by atoms with van der Waals surface area (Å²) in [6, 6.07) is 15.0. The van der Waals surface area contributed by atoms with Gasteiger partial charge in [0.2, 0.25) is 0 Å². The molecule has 1 N–H and O–H groups in total. The van der Waals surface area contributed by atoms with Crippen molar-refractivity contribution >= 4 is 15.9 Å². The minimum absolute atomic E-state index is 0.310. The van der Waals surface area contributed by atoms with Crippen molar-refractivity contribution in [1.29, 1.82) is 0 Å². The summed E-state index contributed by atoms with van der Waals surface area (Å²) in [5.74, 6) is 0.893. The number of hydrogen-bond acceptors (Lipinski definition) is 2. The Morgan fingerprint density at radius 3 is 2.45 bits per heavy atom. The van der Waals surface area contributed by atoms with Crippen LogP contribution in [0.5, 0.6) is 5.75 Å². The molecule has 0 spiro atoms. The van der Waals surface area contributed by atoms with Gasteiger partial charge >= 0.3 is 0 Å². The lowest BCUT2D eigenvalue weighted by atomic mass is 10.1. The highest BCUT2D eigenvalue weighted by Crippen LogP contribution is 2.19. The van der Waals surface area contributed by atoms with E-state index < -0.39 is 0 Å². The molecule has 0 unspecified atom stereocenters. The van der Waals surface area contributed by atoms with Gasteiger partial charge in [-0.25, -0.2) is 0 Å². The highest BCUT2D eigenvalue weighted by molar-refractivity contribution is 9.10. The molecule has 2 nitrogen and oxygen atoms in total. The van der Waals surface area contributed by atoms with Gasteiger partial charge in [-0.1, -0.05) is 40.2 Å². The van der Waals surface area contributed by atoms with Crippen LogP contribution in [0, 0.1) is 6.92 Å². The van der Waals surface area contributed by atoms with Crippen LogP contribution in [-0.4, -0.2) is 7.11 Å². The van der Waals surface area contributed by atoms with Crippen LogP contribution in [0.3, 0.4) is 0 Å². The van der Waals surface area contributed by atoms with E-state index in [1.54, 1.807) is 7.11 Å². The summed E-state index contributed by atoms with van der Waals surface area (Å²) < 4.78 is 6.33. The molecule has 2 aromatic carbocycles. The lowest BCUT2D eigenvalue weighted by molar-refractivity contribution is 0.414. The summed E-state index contributed by atoms with van der Waals surface area (Å²) in [5.41, 5.74) is 3.83. The van der Waals surface area contributed by atoms with Gasteiger partial charge in [0.05, 0.1) is 7.11 Å². The molecule has 0 aliphatic carbocycles. The van der Waals surface area contributed by atoms with Crippen molar-refractivity contribution in [2.75, 3.05) is 7.11 Å². The standard InChI is InChI=1S/C17H20BrNO/c1-12-10-14(4-9-17(12)18)11-19-13(2)15-5-7-16(20-3)8-6-15/h4-10,13,19H,11H2,1-3H3/t13-/m0/s1. The predicted molar refractivity (Wildman–Crippen MR) is 87.1 cm³/mol. The number of rotatable bonds is 5. The molecule has 0 aromatic heterocycles. The SMILES string of the molecule is COc1ccc([C@H](C)NCc2ccc(Br)c(C)c2)cc1. The third kappa shape index (κ3) is 3.84. The van der Waals surface area contributed by atoms with Gasteiger partial charge in [0.25, 0.3) is 0 Å². The molecule has 1 atom stereocenters. The zero-order valence-electron chi connectivity index (χ0n) is 12.1. The zero-order valence-corrected chi connectivity index (χ0v) is 13.7. The first-order chi connectivity index (χ1) is 9.60. The lowest BCUT2D eigenvalue weighted by Crippen LogP contribution is -2.18. The predicted octanol–water partition coefficient (Wildman–Crippen LogP) is 4.62. The van der Waals surface area contributed by atoms with Gasteiger partial charge in [0.15, 0.2) is 0 Å². The van der Waals surface area contributed by atoms with Crippen LogP contribution >= 0.6 is 15.9 Å². The van der Waals surface area contributed by atoms with Crippen molar-refractivity contribution in [3.63, 3.8) is 0 Å². The summed E-state index contributed by atoms with van der Waals surface area (Å²) in [4.78, 5) is 0. The summed E-state index contributed by atoms with van der Waals surface area (Å²) >= 11 is 3.53. The number of halogens is 1. The molecule has 2 aromatic rings. The van der Waals surface area contributed by atoms with E-state index in [9.17, 15) is 0 Å². The van der Waals surface area contributed by atoms with Crippen molar-refractivity contribution in [3.8, 4) is 5.75 Å². The number of ether oxygens (including phenoxy) is 1. The Hall–Kier alpha value is -1.32. The quantitative estimate of drug-likeness (QED) is 0.862. The molecule has 0 heterocycles. The van der Waals surface area contributed by atoms with Crippen LogP contribution in [-0.2, 0) is 6.54 Å². The summed E-state index contributed by atoms with van der Waals surface area (Å²) in [5, 5.41) is 3.54. The maximum Gasteiger partial charge on any atom is 0.118 e. The molecule has 2 rings (SSSR count). The van der Waals surface area contributed by atoms with E-state index in [0.29, 0.717) is 6.04 Å². The smallest absolute Gasteiger partial charge is 0.118 e. The van der Waals surface area contributed by atoms with E-state index in [1.165, 1.54) is 16.7 Å². The first-order valence-electron chi connectivity index (χ1n) is 6.72. The van der Waals surface area contributed by atoms with Crippen molar-refractivity contribution < 1.29 is 4.74 Å². The second kappa shape index (κ2) is 6.91. The van der Waals surface area contributed by atoms with Gasteiger partial charge < -0.3 is 10.1 Å². The second-order valence-electron chi connectivity index (χ2n) is 4.96. The zero-order chi connectivity index (χ0) is 14.5. The van der Waals surface area contributed by atoms with Crippen molar-refractivity contribution in [2.45, 2.75) is 26.4 Å². The molecule has 0 aliphatic rings. The third-order valence-corrected chi connectivity index (χ3v) is 4.34. The van der Waals surface area contributed by atoms with Gasteiger partial charge in [-0.05, 0) is 48.7 Å². The lowest BCUT2D eigenvalue weighted by Gasteiger charge is -2.15. The Balaban J connectivity index is 1.96. The molecule has 20 heavy (non-hydrogen) atoms. The van der Waals surface area contributed by atoms with Crippen LogP contribution in [0.15, 0.2) is 46.9 Å². The fourth-order valence-corrected chi connectivity index (χ4v) is 2.34. The Morgan fingerprint density at radius 1 is 1.15 bits per heavy atom. The maximum absolute atomic E-state index is 5.18. The van der Waals surface area contributed by atoms with E-state index in [-0.39, 0.29) is 0 Å². The average Bonchev–Trinajstić information content (AvgIpc) is 2.48. The molecule has 3 heteroatoms. The Kier molecular flexibility index (Phi) is 5.21. The maximum atomic E-state index is 5.18. The molecule has 0 fully saturated rings. The van der Waals surface area contributed by atoms with Crippen LogP contribution in [0.1, 0.15) is 29.7 Å². The number of methoxy groups -OCH3 is 1. The molecule has 0 saturated heterocycles. The highest BCUT2D eigenvalue weighted by Gasteiger charge is 2.05.